The molecule has 6 nitrogen and oxygen atoms in total. The van der Waals surface area contributed by atoms with E-state index in [1.54, 1.807) is 12.1 Å². The first kappa shape index (κ1) is 16.2. The fraction of sp³-hybridized carbons (Fsp3) is 0.389. The maximum atomic E-state index is 11.8. The van der Waals surface area contributed by atoms with E-state index in [-0.39, 0.29) is 18.1 Å². The van der Waals surface area contributed by atoms with Gasteiger partial charge in [-0.1, -0.05) is 12.1 Å². The van der Waals surface area contributed by atoms with Crippen molar-refractivity contribution in [1.82, 2.24) is 15.1 Å². The third-order valence-corrected chi connectivity index (χ3v) is 3.89. The van der Waals surface area contributed by atoms with E-state index < -0.39 is 0 Å². The van der Waals surface area contributed by atoms with Crippen LogP contribution in [0.3, 0.4) is 0 Å². The summed E-state index contributed by atoms with van der Waals surface area (Å²) in [5.41, 5.74) is 1.89. The van der Waals surface area contributed by atoms with Gasteiger partial charge in [0.15, 0.2) is 6.61 Å². The molecule has 0 radical (unpaired) electrons. The zero-order valence-electron chi connectivity index (χ0n) is 13.7. The zero-order chi connectivity index (χ0) is 16.9. The van der Waals surface area contributed by atoms with Crippen LogP contribution in [0.4, 0.5) is 0 Å². The maximum Gasteiger partial charge on any atom is 0.266 e. The van der Waals surface area contributed by atoms with Gasteiger partial charge >= 0.3 is 0 Å². The number of aromatic nitrogens is 2. The molecule has 1 heterocycles. The first-order valence-electron chi connectivity index (χ1n) is 8.16. The van der Waals surface area contributed by atoms with Crippen LogP contribution in [0, 0.1) is 6.92 Å². The second kappa shape index (κ2) is 7.29. The van der Waals surface area contributed by atoms with Gasteiger partial charge in [0.1, 0.15) is 5.75 Å². The number of hydrogen-bond acceptors (Lipinski definition) is 4. The summed E-state index contributed by atoms with van der Waals surface area (Å²) in [5, 5.41) is 7.10. The van der Waals surface area contributed by atoms with E-state index in [2.05, 4.69) is 10.4 Å². The Morgan fingerprint density at radius 1 is 1.33 bits per heavy atom. The van der Waals surface area contributed by atoms with Crippen molar-refractivity contribution in [2.75, 3.05) is 13.2 Å². The van der Waals surface area contributed by atoms with Crippen LogP contribution in [0.25, 0.3) is 0 Å². The van der Waals surface area contributed by atoms with E-state index in [1.165, 1.54) is 4.68 Å². The van der Waals surface area contributed by atoms with E-state index in [4.69, 9.17) is 4.74 Å². The molecule has 1 aromatic heterocycles. The van der Waals surface area contributed by atoms with Crippen LogP contribution >= 0.6 is 0 Å². The lowest BCUT2D eigenvalue weighted by atomic mass is 10.2. The first-order valence-corrected chi connectivity index (χ1v) is 8.16. The van der Waals surface area contributed by atoms with Crippen LogP contribution in [0.5, 0.6) is 5.75 Å². The number of hydrogen-bond donors (Lipinski definition) is 1. The van der Waals surface area contributed by atoms with Gasteiger partial charge in [0.2, 0.25) is 0 Å². The lowest BCUT2D eigenvalue weighted by molar-refractivity contribution is -0.123. The fourth-order valence-electron chi connectivity index (χ4n) is 2.43. The Balaban J connectivity index is 1.45. The summed E-state index contributed by atoms with van der Waals surface area (Å²) in [5.74, 6) is 0.942. The number of rotatable bonds is 7. The van der Waals surface area contributed by atoms with Crippen molar-refractivity contribution in [1.29, 1.82) is 0 Å². The molecule has 1 aliphatic rings. The molecule has 126 valence electrons. The second-order valence-corrected chi connectivity index (χ2v) is 6.05. The highest BCUT2D eigenvalue weighted by Gasteiger charge is 2.25. The van der Waals surface area contributed by atoms with E-state index in [1.807, 2.05) is 31.2 Å². The van der Waals surface area contributed by atoms with Gasteiger partial charge in [0, 0.05) is 18.5 Å². The largest absolute Gasteiger partial charge is 0.484 e. The lowest BCUT2D eigenvalue weighted by Crippen LogP contribution is -2.34. The first-order chi connectivity index (χ1) is 11.6. The summed E-state index contributed by atoms with van der Waals surface area (Å²) in [6, 6.07) is 10.9. The third-order valence-electron chi connectivity index (χ3n) is 3.89. The summed E-state index contributed by atoms with van der Waals surface area (Å²) in [6.45, 7) is 2.62. The summed E-state index contributed by atoms with van der Waals surface area (Å²) in [4.78, 5) is 23.6. The Morgan fingerprint density at radius 2 is 2.17 bits per heavy atom. The molecule has 0 spiro atoms. The Morgan fingerprint density at radius 3 is 2.92 bits per heavy atom. The Kier molecular flexibility index (Phi) is 4.93. The summed E-state index contributed by atoms with van der Waals surface area (Å²) < 4.78 is 6.85. The topological polar surface area (TPSA) is 73.2 Å². The van der Waals surface area contributed by atoms with Crippen LogP contribution in [0.15, 0.2) is 41.2 Å². The molecule has 1 aliphatic carbocycles. The number of nitrogens with zero attached hydrogens (tertiary/aromatic N) is 2. The average molecular weight is 327 g/mol. The van der Waals surface area contributed by atoms with Gasteiger partial charge in [-0.3, -0.25) is 9.59 Å². The van der Waals surface area contributed by atoms with Gasteiger partial charge in [-0.25, -0.2) is 4.68 Å². The zero-order valence-corrected chi connectivity index (χ0v) is 13.7. The van der Waals surface area contributed by atoms with Gasteiger partial charge in [-0.15, -0.1) is 0 Å². The van der Waals surface area contributed by atoms with E-state index >= 15 is 0 Å². The van der Waals surface area contributed by atoms with Crippen LogP contribution < -0.4 is 15.6 Å². The molecular formula is C18H21N3O3. The van der Waals surface area contributed by atoms with Crippen LogP contribution in [0.2, 0.25) is 0 Å². The Hall–Kier alpha value is -2.63. The van der Waals surface area contributed by atoms with Gasteiger partial charge in [0.25, 0.3) is 11.5 Å². The Labute approximate surface area is 140 Å². The van der Waals surface area contributed by atoms with Crippen molar-refractivity contribution >= 4 is 5.91 Å². The van der Waals surface area contributed by atoms with E-state index in [0.29, 0.717) is 24.8 Å². The predicted molar refractivity (Wildman–Crippen MR) is 90.2 cm³/mol. The average Bonchev–Trinajstić information content (AvgIpc) is 3.40. The van der Waals surface area contributed by atoms with Gasteiger partial charge in [-0.2, -0.15) is 5.10 Å². The highest BCUT2D eigenvalue weighted by molar-refractivity contribution is 5.77. The number of carbonyl (C=O) groups is 1. The summed E-state index contributed by atoms with van der Waals surface area (Å²) >= 11 is 0. The molecule has 2 aromatic rings. The van der Waals surface area contributed by atoms with Gasteiger partial charge in [-0.05, 0) is 43.5 Å². The normalized spacial score (nSPS) is 13.5. The third kappa shape index (κ3) is 4.44. The molecular weight excluding hydrogens is 306 g/mol. The molecule has 1 fully saturated rings. The number of carbonyl (C=O) groups excluding carboxylic acids is 1. The van der Waals surface area contributed by atoms with E-state index in [0.717, 1.165) is 24.1 Å². The van der Waals surface area contributed by atoms with Crippen molar-refractivity contribution < 1.29 is 9.53 Å². The molecule has 0 atom stereocenters. The quantitative estimate of drug-likeness (QED) is 0.839. The smallest absolute Gasteiger partial charge is 0.266 e. The van der Waals surface area contributed by atoms with Crippen molar-refractivity contribution in [2.24, 2.45) is 0 Å². The summed E-state index contributed by atoms with van der Waals surface area (Å²) in [7, 11) is 0. The predicted octanol–water partition coefficient (Wildman–Crippen LogP) is 1.62. The molecule has 0 unspecified atom stereocenters. The number of nitrogens with one attached hydrogen (secondary N) is 1. The minimum Gasteiger partial charge on any atom is -0.484 e. The Bertz CT molecular complexity index is 781. The van der Waals surface area contributed by atoms with Crippen LogP contribution in [0.1, 0.15) is 30.0 Å². The second-order valence-electron chi connectivity index (χ2n) is 6.05. The molecule has 0 aliphatic heterocycles. The maximum absolute atomic E-state index is 11.8. The van der Waals surface area contributed by atoms with E-state index in [9.17, 15) is 9.59 Å². The van der Waals surface area contributed by atoms with Crippen molar-refractivity contribution in [3.63, 3.8) is 0 Å². The highest BCUT2D eigenvalue weighted by atomic mass is 16.5. The SMILES string of the molecule is Cc1cccc(OCC(=O)NCCn2nc(C3CC3)ccc2=O)c1. The number of benzene rings is 1. The fourth-order valence-corrected chi connectivity index (χ4v) is 2.43. The molecule has 0 saturated heterocycles. The van der Waals surface area contributed by atoms with Gasteiger partial charge < -0.3 is 10.1 Å². The molecule has 1 aromatic carbocycles. The molecule has 1 saturated carbocycles. The van der Waals surface area contributed by atoms with Crippen molar-refractivity contribution in [3.05, 3.63) is 58.0 Å². The standard InChI is InChI=1S/C18H21N3O3/c1-13-3-2-4-15(11-13)24-12-17(22)19-9-10-21-18(23)8-7-16(20-21)14-5-6-14/h2-4,7-8,11,14H,5-6,9-10,12H2,1H3,(H,19,22). The summed E-state index contributed by atoms with van der Waals surface area (Å²) in [6.07, 6.45) is 2.27. The minimum absolute atomic E-state index is 0.0477. The molecule has 24 heavy (non-hydrogen) atoms. The monoisotopic (exact) mass is 327 g/mol. The molecule has 3 rings (SSSR count). The van der Waals surface area contributed by atoms with Crippen LogP contribution in [-0.4, -0.2) is 28.8 Å². The molecule has 0 bridgehead atoms. The van der Waals surface area contributed by atoms with Crippen molar-refractivity contribution in [2.45, 2.75) is 32.2 Å². The lowest BCUT2D eigenvalue weighted by Gasteiger charge is -2.09. The van der Waals surface area contributed by atoms with Gasteiger partial charge in [0.05, 0.1) is 12.2 Å². The molecule has 1 amide bonds. The minimum atomic E-state index is -0.220. The molecule has 6 heteroatoms. The number of amides is 1. The number of ether oxygens (including phenoxy) is 1. The molecule has 1 N–H and O–H groups in total. The highest BCUT2D eigenvalue weighted by Crippen LogP contribution is 2.38. The van der Waals surface area contributed by atoms with Crippen LogP contribution in [-0.2, 0) is 11.3 Å². The van der Waals surface area contributed by atoms with Crippen molar-refractivity contribution in [3.8, 4) is 5.75 Å². The number of aryl methyl sites for hydroxylation is 1.